The van der Waals surface area contributed by atoms with Gasteiger partial charge >= 0.3 is 0 Å². The van der Waals surface area contributed by atoms with Crippen LogP contribution in [0.25, 0.3) is 0 Å². The molecule has 7 heteroatoms. The molecule has 7 nitrogen and oxygen atoms in total. The van der Waals surface area contributed by atoms with Crippen LogP contribution in [-0.2, 0) is 16.8 Å². The molecule has 0 aliphatic carbocycles. The minimum Gasteiger partial charge on any atom is -0.493 e. The van der Waals surface area contributed by atoms with Gasteiger partial charge in [-0.05, 0) is 42.5 Å². The Balaban J connectivity index is 1.59. The lowest BCUT2D eigenvalue weighted by Crippen LogP contribution is -2.48. The number of rotatable bonds is 3. The minimum absolute atomic E-state index is 0.0111. The van der Waals surface area contributed by atoms with Crippen LogP contribution in [-0.4, -0.2) is 54.9 Å². The van der Waals surface area contributed by atoms with Gasteiger partial charge in [0.25, 0.3) is 5.91 Å². The number of carbonyl (C=O) groups excluding carboxylic acids is 1. The lowest BCUT2D eigenvalue weighted by molar-refractivity contribution is -0.0936. The largest absolute Gasteiger partial charge is 0.493 e. The third kappa shape index (κ3) is 2.72. The lowest BCUT2D eigenvalue weighted by Gasteiger charge is -2.45. The van der Waals surface area contributed by atoms with Crippen molar-refractivity contribution in [3.05, 3.63) is 41.2 Å². The SMILES string of the molecule is COc1cc2c(cc1OC)C1(CCN(C(=O)c3cn[nH]c3)CC1)OCC2. The Hall–Kier alpha value is -2.54. The predicted octanol–water partition coefficient (Wildman–Crippen LogP) is 2.13. The number of methoxy groups -OCH3 is 2. The maximum atomic E-state index is 12.6. The highest BCUT2D eigenvalue weighted by molar-refractivity contribution is 5.93. The first-order chi connectivity index (χ1) is 12.7. The van der Waals surface area contributed by atoms with E-state index in [0.29, 0.717) is 31.0 Å². The molecule has 1 amide bonds. The van der Waals surface area contributed by atoms with E-state index >= 15 is 0 Å². The molecule has 0 bridgehead atoms. The molecule has 1 N–H and O–H groups in total. The topological polar surface area (TPSA) is 76.7 Å². The van der Waals surface area contributed by atoms with Crippen molar-refractivity contribution in [1.29, 1.82) is 0 Å². The van der Waals surface area contributed by atoms with Crippen molar-refractivity contribution in [3.63, 3.8) is 0 Å². The van der Waals surface area contributed by atoms with Crippen molar-refractivity contribution in [2.75, 3.05) is 33.9 Å². The van der Waals surface area contributed by atoms with Crippen LogP contribution in [0.4, 0.5) is 0 Å². The van der Waals surface area contributed by atoms with E-state index in [4.69, 9.17) is 14.2 Å². The number of aromatic amines is 1. The van der Waals surface area contributed by atoms with Gasteiger partial charge in [0.15, 0.2) is 11.5 Å². The number of piperidine rings is 1. The number of ether oxygens (including phenoxy) is 3. The number of carbonyl (C=O) groups is 1. The highest BCUT2D eigenvalue weighted by Crippen LogP contribution is 2.45. The number of benzene rings is 1. The zero-order valence-corrected chi connectivity index (χ0v) is 15.1. The summed E-state index contributed by atoms with van der Waals surface area (Å²) in [6, 6.07) is 4.10. The molecular weight excluding hydrogens is 334 g/mol. The van der Waals surface area contributed by atoms with Gasteiger partial charge in [-0.1, -0.05) is 0 Å². The summed E-state index contributed by atoms with van der Waals surface area (Å²) in [5.74, 6) is 1.47. The number of aromatic nitrogens is 2. The van der Waals surface area contributed by atoms with Crippen LogP contribution >= 0.6 is 0 Å². The van der Waals surface area contributed by atoms with Crippen LogP contribution in [0.1, 0.15) is 34.3 Å². The second kappa shape index (κ2) is 6.64. The standard InChI is InChI=1S/C19H23N3O4/c1-24-16-9-13-3-8-26-19(15(13)10-17(16)25-2)4-6-22(7-5-19)18(23)14-11-20-21-12-14/h9-12H,3-8H2,1-2H3,(H,20,21). The summed E-state index contributed by atoms with van der Waals surface area (Å²) in [5.41, 5.74) is 2.64. The van der Waals surface area contributed by atoms with Crippen molar-refractivity contribution in [3.8, 4) is 11.5 Å². The number of fused-ring (bicyclic) bond motifs is 2. The van der Waals surface area contributed by atoms with Crippen LogP contribution in [0, 0.1) is 0 Å². The Morgan fingerprint density at radius 2 is 1.96 bits per heavy atom. The van der Waals surface area contributed by atoms with Gasteiger partial charge in [-0.3, -0.25) is 9.89 Å². The molecule has 4 rings (SSSR count). The maximum Gasteiger partial charge on any atom is 0.257 e. The van der Waals surface area contributed by atoms with E-state index in [1.807, 2.05) is 11.0 Å². The molecule has 2 aromatic rings. The van der Waals surface area contributed by atoms with E-state index < -0.39 is 0 Å². The van der Waals surface area contributed by atoms with Crippen molar-refractivity contribution in [2.24, 2.45) is 0 Å². The van der Waals surface area contributed by atoms with E-state index in [1.165, 1.54) is 5.56 Å². The molecule has 26 heavy (non-hydrogen) atoms. The summed E-state index contributed by atoms with van der Waals surface area (Å²) >= 11 is 0. The molecule has 1 spiro atoms. The number of amides is 1. The Labute approximate surface area is 152 Å². The van der Waals surface area contributed by atoms with Gasteiger partial charge < -0.3 is 19.1 Å². The molecule has 1 aromatic carbocycles. The van der Waals surface area contributed by atoms with Crippen LogP contribution in [0.2, 0.25) is 0 Å². The van der Waals surface area contributed by atoms with Gasteiger partial charge in [-0.15, -0.1) is 0 Å². The average molecular weight is 357 g/mol. The highest BCUT2D eigenvalue weighted by atomic mass is 16.5. The molecule has 1 fully saturated rings. The second-order valence-electron chi connectivity index (χ2n) is 6.74. The van der Waals surface area contributed by atoms with Crippen LogP contribution in [0.3, 0.4) is 0 Å². The molecular formula is C19H23N3O4. The first-order valence-electron chi connectivity index (χ1n) is 8.84. The molecule has 2 aliphatic rings. The lowest BCUT2D eigenvalue weighted by atomic mass is 9.79. The van der Waals surface area contributed by atoms with Gasteiger partial charge in [0.2, 0.25) is 0 Å². The molecule has 3 heterocycles. The number of nitrogens with zero attached hydrogens (tertiary/aromatic N) is 2. The molecule has 2 aliphatic heterocycles. The first kappa shape index (κ1) is 16.9. The Morgan fingerprint density at radius 1 is 1.23 bits per heavy atom. The zero-order chi connectivity index (χ0) is 18.1. The fraction of sp³-hybridized carbons (Fsp3) is 0.474. The molecule has 1 saturated heterocycles. The van der Waals surface area contributed by atoms with Crippen LogP contribution in [0.5, 0.6) is 11.5 Å². The van der Waals surface area contributed by atoms with E-state index in [1.54, 1.807) is 26.6 Å². The van der Waals surface area contributed by atoms with Gasteiger partial charge in [-0.2, -0.15) is 5.10 Å². The molecule has 138 valence electrons. The summed E-state index contributed by atoms with van der Waals surface area (Å²) < 4.78 is 17.2. The first-order valence-corrected chi connectivity index (χ1v) is 8.84. The Morgan fingerprint density at radius 3 is 2.62 bits per heavy atom. The Kier molecular flexibility index (Phi) is 4.32. The van der Waals surface area contributed by atoms with E-state index in [0.717, 1.165) is 30.6 Å². The fourth-order valence-corrected chi connectivity index (χ4v) is 4.02. The predicted molar refractivity (Wildman–Crippen MR) is 94.6 cm³/mol. The number of nitrogens with one attached hydrogen (secondary N) is 1. The molecule has 0 atom stereocenters. The summed E-state index contributed by atoms with van der Waals surface area (Å²) in [4.78, 5) is 14.4. The third-order valence-electron chi connectivity index (χ3n) is 5.45. The van der Waals surface area contributed by atoms with Gasteiger partial charge in [-0.25, -0.2) is 0 Å². The number of hydrogen-bond donors (Lipinski definition) is 1. The quantitative estimate of drug-likeness (QED) is 0.911. The Bertz CT molecular complexity index is 795. The van der Waals surface area contributed by atoms with E-state index in [2.05, 4.69) is 16.3 Å². The normalized spacial score (nSPS) is 18.5. The number of likely N-dealkylation sites (tertiary alicyclic amines) is 1. The maximum absolute atomic E-state index is 12.6. The van der Waals surface area contributed by atoms with Crippen molar-refractivity contribution in [2.45, 2.75) is 24.9 Å². The summed E-state index contributed by atoms with van der Waals surface area (Å²) in [6.07, 6.45) is 5.58. The monoisotopic (exact) mass is 357 g/mol. The molecule has 0 radical (unpaired) electrons. The minimum atomic E-state index is -0.361. The third-order valence-corrected chi connectivity index (χ3v) is 5.45. The zero-order valence-electron chi connectivity index (χ0n) is 15.1. The smallest absolute Gasteiger partial charge is 0.257 e. The van der Waals surface area contributed by atoms with E-state index in [9.17, 15) is 4.79 Å². The van der Waals surface area contributed by atoms with E-state index in [-0.39, 0.29) is 11.5 Å². The fourth-order valence-electron chi connectivity index (χ4n) is 4.02. The molecule has 1 aromatic heterocycles. The molecule has 0 unspecified atom stereocenters. The number of hydrogen-bond acceptors (Lipinski definition) is 5. The molecule has 0 saturated carbocycles. The summed E-state index contributed by atoms with van der Waals surface area (Å²) in [7, 11) is 3.30. The van der Waals surface area contributed by atoms with Crippen LogP contribution < -0.4 is 9.47 Å². The van der Waals surface area contributed by atoms with Crippen molar-refractivity contribution >= 4 is 5.91 Å². The summed E-state index contributed by atoms with van der Waals surface area (Å²) in [5, 5.41) is 6.56. The average Bonchev–Trinajstić information content (AvgIpc) is 3.22. The van der Waals surface area contributed by atoms with Crippen molar-refractivity contribution < 1.29 is 19.0 Å². The second-order valence-corrected chi connectivity index (χ2v) is 6.74. The van der Waals surface area contributed by atoms with Crippen molar-refractivity contribution in [1.82, 2.24) is 15.1 Å². The van der Waals surface area contributed by atoms with Gasteiger partial charge in [0.1, 0.15) is 0 Å². The highest BCUT2D eigenvalue weighted by Gasteiger charge is 2.42. The number of H-pyrrole nitrogens is 1. The summed E-state index contributed by atoms with van der Waals surface area (Å²) in [6.45, 7) is 1.98. The van der Waals surface area contributed by atoms with Crippen LogP contribution in [0.15, 0.2) is 24.5 Å². The van der Waals surface area contributed by atoms with Gasteiger partial charge in [0.05, 0.1) is 38.2 Å². The van der Waals surface area contributed by atoms with Gasteiger partial charge in [0, 0.05) is 19.3 Å².